The first-order valence-electron chi connectivity index (χ1n) is 13.2. The van der Waals surface area contributed by atoms with Crippen LogP contribution in [0.25, 0.3) is 22.0 Å². The molecule has 1 aliphatic carbocycles. The van der Waals surface area contributed by atoms with Crippen molar-refractivity contribution in [2.45, 2.75) is 51.7 Å². The van der Waals surface area contributed by atoms with E-state index in [1.807, 2.05) is 73.7 Å². The minimum absolute atomic E-state index is 0.0463. The summed E-state index contributed by atoms with van der Waals surface area (Å²) in [7, 11) is 0. The predicted molar refractivity (Wildman–Crippen MR) is 152 cm³/mol. The van der Waals surface area contributed by atoms with Gasteiger partial charge in [0.25, 0.3) is 0 Å². The van der Waals surface area contributed by atoms with E-state index in [1.54, 1.807) is 27.0 Å². The van der Waals surface area contributed by atoms with Crippen LogP contribution in [0, 0.1) is 6.92 Å². The third kappa shape index (κ3) is 5.30. The number of amides is 1. The number of aromatic nitrogens is 1. The van der Waals surface area contributed by atoms with Crippen molar-refractivity contribution in [2.24, 2.45) is 0 Å². The normalized spacial score (nSPS) is 13.4. The smallest absolute Gasteiger partial charge is 0.419 e. The van der Waals surface area contributed by atoms with Crippen molar-refractivity contribution in [1.29, 1.82) is 0 Å². The predicted octanol–water partition coefficient (Wildman–Crippen LogP) is 6.27. The molecule has 1 heterocycles. The lowest BCUT2D eigenvalue weighted by atomic mass is 9.98. The van der Waals surface area contributed by atoms with Gasteiger partial charge in [0.15, 0.2) is 0 Å². The maximum atomic E-state index is 13.0. The number of fused-ring (bicyclic) bond motifs is 4. The number of rotatable bonds is 6. The molecule has 1 aliphatic rings. The molecule has 0 saturated carbocycles. The second-order valence-corrected chi connectivity index (χ2v) is 11.0. The van der Waals surface area contributed by atoms with E-state index in [2.05, 4.69) is 5.32 Å². The Balaban J connectivity index is 1.33. The number of ether oxygens (including phenoxy) is 2. The molecule has 2 N–H and O–H groups in total. The molecule has 3 aromatic carbocycles. The van der Waals surface area contributed by atoms with E-state index < -0.39 is 29.8 Å². The van der Waals surface area contributed by atoms with E-state index >= 15 is 0 Å². The summed E-state index contributed by atoms with van der Waals surface area (Å²) < 4.78 is 12.5. The molecule has 8 nitrogen and oxygen atoms in total. The van der Waals surface area contributed by atoms with Crippen molar-refractivity contribution in [3.05, 3.63) is 95.2 Å². The molecule has 0 radical (unpaired) electrons. The molecule has 1 atom stereocenters. The monoisotopic (exact) mass is 540 g/mol. The van der Waals surface area contributed by atoms with Gasteiger partial charge in [-0.3, -0.25) is 4.57 Å². The Morgan fingerprint density at radius 2 is 1.57 bits per heavy atom. The van der Waals surface area contributed by atoms with Gasteiger partial charge in [-0.2, -0.15) is 0 Å². The number of alkyl carbamates (subject to hydrolysis) is 1. The Morgan fingerprint density at radius 3 is 2.17 bits per heavy atom. The maximum Gasteiger partial charge on any atom is 0.419 e. The van der Waals surface area contributed by atoms with Gasteiger partial charge in [0, 0.05) is 23.9 Å². The summed E-state index contributed by atoms with van der Waals surface area (Å²) in [5.74, 6) is -1.35. The molecular formula is C32H32N2O6. The number of carboxylic acids is 1. The van der Waals surface area contributed by atoms with Gasteiger partial charge in [0.2, 0.25) is 0 Å². The molecule has 8 heteroatoms. The zero-order valence-corrected chi connectivity index (χ0v) is 22.9. The van der Waals surface area contributed by atoms with Crippen LogP contribution in [-0.2, 0) is 20.7 Å². The molecule has 0 spiro atoms. The van der Waals surface area contributed by atoms with Gasteiger partial charge in [-0.1, -0.05) is 66.7 Å². The van der Waals surface area contributed by atoms with E-state index in [1.165, 1.54) is 4.57 Å². The highest BCUT2D eigenvalue weighted by Gasteiger charge is 2.30. The van der Waals surface area contributed by atoms with Gasteiger partial charge in [0.1, 0.15) is 18.2 Å². The van der Waals surface area contributed by atoms with Gasteiger partial charge in [-0.15, -0.1) is 0 Å². The molecule has 0 fully saturated rings. The summed E-state index contributed by atoms with van der Waals surface area (Å²) in [4.78, 5) is 38.0. The first kappa shape index (κ1) is 27.0. The van der Waals surface area contributed by atoms with Crippen molar-refractivity contribution >= 4 is 29.1 Å². The highest BCUT2D eigenvalue weighted by Crippen LogP contribution is 2.44. The summed E-state index contributed by atoms with van der Waals surface area (Å²) in [6, 6.07) is 20.3. The zero-order valence-electron chi connectivity index (χ0n) is 22.9. The average molecular weight is 541 g/mol. The lowest BCUT2D eigenvalue weighted by Crippen LogP contribution is -2.42. The Kier molecular flexibility index (Phi) is 7.10. The molecule has 4 aromatic rings. The first-order chi connectivity index (χ1) is 19.0. The van der Waals surface area contributed by atoms with Gasteiger partial charge >= 0.3 is 18.2 Å². The maximum absolute atomic E-state index is 13.0. The van der Waals surface area contributed by atoms with Crippen LogP contribution in [0.4, 0.5) is 9.59 Å². The van der Waals surface area contributed by atoms with Gasteiger partial charge in [-0.05, 0) is 61.1 Å². The first-order valence-corrected chi connectivity index (χ1v) is 13.2. The number of para-hydroxylation sites is 1. The fourth-order valence-corrected chi connectivity index (χ4v) is 5.35. The molecule has 1 amide bonds. The number of benzene rings is 3. The highest BCUT2D eigenvalue weighted by molar-refractivity contribution is 5.94. The number of carboxylic acid groups (broad SMARTS) is 1. The molecule has 40 heavy (non-hydrogen) atoms. The number of nitrogens with zero attached hydrogens (tertiary/aromatic N) is 1. The molecule has 206 valence electrons. The highest BCUT2D eigenvalue weighted by atomic mass is 16.6. The van der Waals surface area contributed by atoms with Gasteiger partial charge < -0.3 is 19.9 Å². The number of aliphatic carboxylic acids is 1. The summed E-state index contributed by atoms with van der Waals surface area (Å²) >= 11 is 0. The van der Waals surface area contributed by atoms with Crippen LogP contribution in [0.5, 0.6) is 0 Å². The zero-order chi connectivity index (χ0) is 28.6. The number of hydrogen-bond acceptors (Lipinski definition) is 5. The standard InChI is InChI=1S/C32H32N2O6/c1-19-10-9-15-21-20(17-34(28(19)21)31(38)40-32(2,3)4)16-27(29(35)36)33-30(37)39-18-26-24-13-7-5-11-22(24)23-12-6-8-14-25(23)26/h5-15,17,26-27H,16,18H2,1-4H3,(H,33,37)(H,35,36). The van der Waals surface area contributed by atoms with Crippen molar-refractivity contribution in [1.82, 2.24) is 9.88 Å². The Morgan fingerprint density at radius 1 is 0.950 bits per heavy atom. The van der Waals surface area contributed by atoms with Crippen molar-refractivity contribution in [3.63, 3.8) is 0 Å². The van der Waals surface area contributed by atoms with Crippen LogP contribution in [0.3, 0.4) is 0 Å². The van der Waals surface area contributed by atoms with Gasteiger partial charge in [0.05, 0.1) is 5.52 Å². The van der Waals surface area contributed by atoms with Crippen LogP contribution in [-0.4, -0.2) is 46.1 Å². The minimum Gasteiger partial charge on any atom is -0.480 e. The number of carbonyl (C=O) groups is 3. The Labute approximate surface area is 232 Å². The van der Waals surface area contributed by atoms with E-state index in [0.29, 0.717) is 16.5 Å². The molecule has 1 aromatic heterocycles. The lowest BCUT2D eigenvalue weighted by molar-refractivity contribution is -0.139. The molecule has 5 rings (SSSR count). The number of hydrogen-bond donors (Lipinski definition) is 2. The van der Waals surface area contributed by atoms with Gasteiger partial charge in [-0.25, -0.2) is 14.4 Å². The SMILES string of the molecule is Cc1cccc2c(CC(NC(=O)OCC3c4ccccc4-c4ccccc43)C(=O)O)cn(C(=O)OC(C)(C)C)c12. The lowest BCUT2D eigenvalue weighted by Gasteiger charge is -2.20. The minimum atomic E-state index is -1.27. The quantitative estimate of drug-likeness (QED) is 0.299. The van der Waals surface area contributed by atoms with Crippen LogP contribution >= 0.6 is 0 Å². The second kappa shape index (κ2) is 10.5. The largest absolute Gasteiger partial charge is 0.480 e. The number of nitrogens with one attached hydrogen (secondary N) is 1. The Bertz CT molecular complexity index is 1570. The number of carbonyl (C=O) groups excluding carboxylic acids is 2. The van der Waals surface area contributed by atoms with Crippen molar-refractivity contribution < 1.29 is 29.0 Å². The topological polar surface area (TPSA) is 107 Å². The summed E-state index contributed by atoms with van der Waals surface area (Å²) in [6.45, 7) is 7.29. The van der Waals surface area contributed by atoms with Crippen LogP contribution in [0.1, 0.15) is 48.9 Å². The average Bonchev–Trinajstić information content (AvgIpc) is 3.43. The fraction of sp³-hybridized carbons (Fsp3) is 0.281. The second-order valence-electron chi connectivity index (χ2n) is 11.0. The fourth-order valence-electron chi connectivity index (χ4n) is 5.35. The molecule has 0 saturated heterocycles. The molecule has 0 bridgehead atoms. The van der Waals surface area contributed by atoms with Crippen LogP contribution in [0.15, 0.2) is 72.9 Å². The van der Waals surface area contributed by atoms with Crippen molar-refractivity contribution in [3.8, 4) is 11.1 Å². The molecule has 0 aliphatic heterocycles. The van der Waals surface area contributed by atoms with E-state index in [-0.39, 0.29) is 18.9 Å². The van der Waals surface area contributed by atoms with Crippen LogP contribution < -0.4 is 5.32 Å². The third-order valence-corrected chi connectivity index (χ3v) is 7.06. The van der Waals surface area contributed by atoms with E-state index in [9.17, 15) is 19.5 Å². The van der Waals surface area contributed by atoms with Crippen LogP contribution in [0.2, 0.25) is 0 Å². The Hall–Kier alpha value is -4.59. The van der Waals surface area contributed by atoms with Crippen molar-refractivity contribution in [2.75, 3.05) is 6.61 Å². The van der Waals surface area contributed by atoms with E-state index in [0.717, 1.165) is 27.8 Å². The summed E-state index contributed by atoms with van der Waals surface area (Å²) in [6.07, 6.45) is 0.159. The van der Waals surface area contributed by atoms with E-state index in [4.69, 9.17) is 9.47 Å². The molecular weight excluding hydrogens is 508 g/mol. The summed E-state index contributed by atoms with van der Waals surface area (Å²) in [5, 5.41) is 13.2. The number of aryl methyl sites for hydroxylation is 1. The third-order valence-electron chi connectivity index (χ3n) is 7.06. The summed E-state index contributed by atoms with van der Waals surface area (Å²) in [5.41, 5.74) is 5.71. The molecule has 1 unspecified atom stereocenters.